The molecule has 7 N–H and O–H groups in total. The van der Waals surface area contributed by atoms with E-state index in [2.05, 4.69) is 0 Å². The number of rotatable bonds is 1. The smallest absolute Gasteiger partial charge is 0.0553 e. The van der Waals surface area contributed by atoms with Crippen LogP contribution in [0.5, 0.6) is 0 Å². The van der Waals surface area contributed by atoms with Gasteiger partial charge in [-0.05, 0) is 0 Å². The summed E-state index contributed by atoms with van der Waals surface area (Å²) in [5, 5.41) is 7.75. The van der Waals surface area contributed by atoms with Crippen LogP contribution in [0.2, 0.25) is 0 Å². The molecule has 0 bridgehead atoms. The van der Waals surface area contributed by atoms with Gasteiger partial charge in [-0.15, -0.1) is 12.4 Å². The SMILES string of the molecule is Cl.NCCO.O.O. The van der Waals surface area contributed by atoms with Crippen LogP contribution in [0.1, 0.15) is 0 Å². The van der Waals surface area contributed by atoms with E-state index in [1.165, 1.54) is 0 Å². The highest BCUT2D eigenvalue weighted by atomic mass is 35.5. The Bertz CT molecular complexity index is 14.9. The normalized spacial score (nSPS) is 4.29. The molecule has 0 aromatic heterocycles. The lowest BCUT2D eigenvalue weighted by atomic mass is 10.8. The molecular formula is C2H12ClNO3. The fourth-order valence-electron chi connectivity index (χ4n) is 0. The Morgan fingerprint density at radius 2 is 1.43 bits per heavy atom. The van der Waals surface area contributed by atoms with Gasteiger partial charge in [-0.25, -0.2) is 0 Å². The first-order chi connectivity index (χ1) is 1.91. The summed E-state index contributed by atoms with van der Waals surface area (Å²) in [4.78, 5) is 0. The summed E-state index contributed by atoms with van der Waals surface area (Å²) < 4.78 is 0. The zero-order valence-corrected chi connectivity index (χ0v) is 4.66. The molecule has 50 valence electrons. The molecule has 0 fully saturated rings. The monoisotopic (exact) mass is 133 g/mol. The van der Waals surface area contributed by atoms with Gasteiger partial charge < -0.3 is 21.8 Å². The molecule has 0 saturated carbocycles. The van der Waals surface area contributed by atoms with Gasteiger partial charge in [0.1, 0.15) is 0 Å². The summed E-state index contributed by atoms with van der Waals surface area (Å²) >= 11 is 0. The molecule has 0 aliphatic carbocycles. The highest BCUT2D eigenvalue weighted by Gasteiger charge is 1.56. The fraction of sp³-hybridized carbons (Fsp3) is 1.00. The van der Waals surface area contributed by atoms with Crippen LogP contribution < -0.4 is 5.73 Å². The zero-order valence-electron chi connectivity index (χ0n) is 3.85. The van der Waals surface area contributed by atoms with Gasteiger partial charge in [-0.1, -0.05) is 0 Å². The molecule has 0 aromatic carbocycles. The molecule has 0 unspecified atom stereocenters. The van der Waals surface area contributed by atoms with E-state index < -0.39 is 0 Å². The average molecular weight is 134 g/mol. The lowest BCUT2D eigenvalue weighted by molar-refractivity contribution is 0.306. The maximum absolute atomic E-state index is 7.75. The van der Waals surface area contributed by atoms with Crippen molar-refractivity contribution in [1.29, 1.82) is 0 Å². The number of aliphatic hydroxyl groups excluding tert-OH is 1. The Balaban J connectivity index is -0.0000000150. The third-order valence-electron chi connectivity index (χ3n) is 0.129. The summed E-state index contributed by atoms with van der Waals surface area (Å²) in [6.45, 7) is 0.472. The minimum atomic E-state index is 0. The van der Waals surface area contributed by atoms with E-state index in [9.17, 15) is 0 Å². The van der Waals surface area contributed by atoms with Gasteiger partial charge >= 0.3 is 0 Å². The highest BCUT2D eigenvalue weighted by molar-refractivity contribution is 5.85. The van der Waals surface area contributed by atoms with Gasteiger partial charge in [0.2, 0.25) is 0 Å². The topological polar surface area (TPSA) is 109 Å². The second-order valence-electron chi connectivity index (χ2n) is 0.512. The second kappa shape index (κ2) is 35.6. The minimum Gasteiger partial charge on any atom is -0.412 e. The van der Waals surface area contributed by atoms with E-state index in [0.717, 1.165) is 0 Å². The van der Waals surface area contributed by atoms with Crippen molar-refractivity contribution in [3.05, 3.63) is 0 Å². The van der Waals surface area contributed by atoms with Crippen LogP contribution in [0.4, 0.5) is 0 Å². The third-order valence-corrected chi connectivity index (χ3v) is 0.129. The number of hydrogen-bond donors (Lipinski definition) is 2. The van der Waals surface area contributed by atoms with Crippen LogP contribution >= 0.6 is 12.4 Å². The minimum absolute atomic E-state index is 0. The number of hydrogen-bond acceptors (Lipinski definition) is 2. The van der Waals surface area contributed by atoms with Crippen LogP contribution in [0.15, 0.2) is 0 Å². The summed E-state index contributed by atoms with van der Waals surface area (Å²) in [5.41, 5.74) is 4.78. The predicted octanol–water partition coefficient (Wildman–Crippen LogP) is -2.29. The molecule has 0 heterocycles. The molecule has 0 aromatic rings. The maximum atomic E-state index is 7.75. The largest absolute Gasteiger partial charge is 0.412 e. The highest BCUT2D eigenvalue weighted by Crippen LogP contribution is 1.33. The molecule has 0 radical (unpaired) electrons. The van der Waals surface area contributed by atoms with Gasteiger partial charge in [0.15, 0.2) is 0 Å². The predicted molar refractivity (Wildman–Crippen MR) is 30.6 cm³/mol. The van der Waals surface area contributed by atoms with Crippen molar-refractivity contribution < 1.29 is 16.1 Å². The van der Waals surface area contributed by atoms with Crippen LogP contribution in [-0.2, 0) is 0 Å². The average Bonchev–Trinajstić information content (AvgIpc) is 1.37. The number of aliphatic hydroxyl groups is 1. The van der Waals surface area contributed by atoms with Gasteiger partial charge in [0.05, 0.1) is 6.61 Å². The van der Waals surface area contributed by atoms with Gasteiger partial charge in [0.25, 0.3) is 0 Å². The number of nitrogens with two attached hydrogens (primary N) is 1. The molecule has 5 heteroatoms. The standard InChI is InChI=1S/C2H7NO.ClH.2H2O/c3-1-2-4;;;/h4H,1-3H2;1H;2*1H2. The summed E-state index contributed by atoms with van der Waals surface area (Å²) in [5.74, 6) is 0. The fourth-order valence-corrected chi connectivity index (χ4v) is 0. The van der Waals surface area contributed by atoms with E-state index in [-0.39, 0.29) is 30.0 Å². The van der Waals surface area contributed by atoms with Crippen LogP contribution in [0, 0.1) is 0 Å². The molecule has 7 heavy (non-hydrogen) atoms. The molecule has 0 atom stereocenters. The van der Waals surface area contributed by atoms with Crippen molar-refractivity contribution in [1.82, 2.24) is 0 Å². The Kier molecular flexibility index (Phi) is 139. The quantitative estimate of drug-likeness (QED) is 0.420. The second-order valence-corrected chi connectivity index (χ2v) is 0.512. The maximum Gasteiger partial charge on any atom is 0.0553 e. The van der Waals surface area contributed by atoms with E-state index in [0.29, 0.717) is 6.54 Å². The third kappa shape index (κ3) is 81.9. The van der Waals surface area contributed by atoms with Crippen molar-refractivity contribution in [2.75, 3.05) is 13.2 Å². The molecule has 0 spiro atoms. The molecule has 0 rings (SSSR count). The van der Waals surface area contributed by atoms with Crippen molar-refractivity contribution in [2.45, 2.75) is 0 Å². The number of halogens is 1. The van der Waals surface area contributed by atoms with Gasteiger partial charge in [-0.2, -0.15) is 0 Å². The Labute approximate surface area is 48.4 Å². The van der Waals surface area contributed by atoms with Crippen molar-refractivity contribution in [2.24, 2.45) is 5.73 Å². The first-order valence-corrected chi connectivity index (χ1v) is 1.22. The lowest BCUT2D eigenvalue weighted by Crippen LogP contribution is -2.02. The van der Waals surface area contributed by atoms with Crippen LogP contribution in [-0.4, -0.2) is 29.2 Å². The van der Waals surface area contributed by atoms with E-state index in [1.807, 2.05) is 0 Å². The molecular weight excluding hydrogens is 121 g/mol. The Morgan fingerprint density at radius 3 is 1.43 bits per heavy atom. The van der Waals surface area contributed by atoms with E-state index >= 15 is 0 Å². The molecule has 0 amide bonds. The first-order valence-electron chi connectivity index (χ1n) is 1.22. The summed E-state index contributed by atoms with van der Waals surface area (Å²) in [6, 6.07) is 0. The first kappa shape index (κ1) is 27.3. The van der Waals surface area contributed by atoms with E-state index in [4.69, 9.17) is 10.8 Å². The van der Waals surface area contributed by atoms with Crippen LogP contribution in [0.3, 0.4) is 0 Å². The van der Waals surface area contributed by atoms with Crippen LogP contribution in [0.25, 0.3) is 0 Å². The molecule has 0 aliphatic rings. The van der Waals surface area contributed by atoms with Gasteiger partial charge in [-0.3, -0.25) is 0 Å². The van der Waals surface area contributed by atoms with Crippen molar-refractivity contribution >= 4 is 12.4 Å². The summed E-state index contributed by atoms with van der Waals surface area (Å²) in [6.07, 6.45) is 0. The van der Waals surface area contributed by atoms with Crippen molar-refractivity contribution in [3.63, 3.8) is 0 Å². The molecule has 0 saturated heterocycles. The summed E-state index contributed by atoms with van der Waals surface area (Å²) in [7, 11) is 0. The Hall–Kier alpha value is 0.130. The Morgan fingerprint density at radius 1 is 1.29 bits per heavy atom. The molecule has 0 aliphatic heterocycles. The van der Waals surface area contributed by atoms with Gasteiger partial charge in [0, 0.05) is 6.54 Å². The van der Waals surface area contributed by atoms with E-state index in [1.54, 1.807) is 0 Å². The molecule has 4 nitrogen and oxygen atoms in total. The lowest BCUT2D eigenvalue weighted by Gasteiger charge is -1.71. The zero-order chi connectivity index (χ0) is 3.41. The van der Waals surface area contributed by atoms with Crippen molar-refractivity contribution in [3.8, 4) is 0 Å².